The number of amides is 2. The number of pyridine rings is 1. The molecule has 3 aromatic rings. The summed E-state index contributed by atoms with van der Waals surface area (Å²) in [6.45, 7) is 2.66. The van der Waals surface area contributed by atoms with E-state index in [1.807, 2.05) is 37.3 Å². The van der Waals surface area contributed by atoms with Crippen LogP contribution in [0.3, 0.4) is 0 Å². The predicted octanol–water partition coefficient (Wildman–Crippen LogP) is 4.58. The first kappa shape index (κ1) is 17.5. The van der Waals surface area contributed by atoms with Crippen LogP contribution in [0, 0.1) is 6.92 Å². The smallest absolute Gasteiger partial charge is 0.258 e. The Morgan fingerprint density at radius 1 is 1.19 bits per heavy atom. The molecule has 0 bridgehead atoms. The summed E-state index contributed by atoms with van der Waals surface area (Å²) in [6, 6.07) is 14.8. The molecule has 0 atom stereocenters. The molecular weight excluding hydrogens is 362 g/mol. The van der Waals surface area contributed by atoms with Crippen LogP contribution in [0.25, 0.3) is 10.9 Å². The van der Waals surface area contributed by atoms with Gasteiger partial charge in [-0.05, 0) is 43.2 Å². The van der Waals surface area contributed by atoms with Crippen molar-refractivity contribution in [2.24, 2.45) is 0 Å². The molecule has 1 aliphatic heterocycles. The molecule has 27 heavy (non-hydrogen) atoms. The molecule has 2 heterocycles. The molecule has 5 nitrogen and oxygen atoms in total. The van der Waals surface area contributed by atoms with E-state index in [1.165, 1.54) is 0 Å². The third kappa shape index (κ3) is 3.38. The minimum atomic E-state index is -0.333. The third-order valence-electron chi connectivity index (χ3n) is 4.73. The van der Waals surface area contributed by atoms with Gasteiger partial charge in [-0.25, -0.2) is 4.98 Å². The van der Waals surface area contributed by atoms with Gasteiger partial charge in [-0.2, -0.15) is 0 Å². The lowest BCUT2D eigenvalue weighted by Crippen LogP contribution is -2.23. The summed E-state index contributed by atoms with van der Waals surface area (Å²) in [4.78, 5) is 30.8. The Morgan fingerprint density at radius 3 is 2.78 bits per heavy atom. The largest absolute Gasteiger partial charge is 0.322 e. The second kappa shape index (κ2) is 7.00. The standard InChI is InChI=1S/C21H18ClN3O2/c1-13-5-2-6-14-11-17(20(22)24-19(13)14)21(27)23-15-7-3-8-16(12-15)25-10-4-9-18(25)26/h2-3,5-8,11-12H,4,9-10H2,1H3,(H,23,27). The summed E-state index contributed by atoms with van der Waals surface area (Å²) in [5.41, 5.74) is 3.50. The predicted molar refractivity (Wildman–Crippen MR) is 107 cm³/mol. The number of fused-ring (bicyclic) bond motifs is 1. The molecule has 136 valence electrons. The Hall–Kier alpha value is -2.92. The first-order chi connectivity index (χ1) is 13.0. The average Bonchev–Trinajstić information content (AvgIpc) is 3.08. The molecule has 2 aromatic carbocycles. The molecule has 1 fully saturated rings. The number of aromatic nitrogens is 1. The summed E-state index contributed by atoms with van der Waals surface area (Å²) >= 11 is 6.27. The number of hydrogen-bond acceptors (Lipinski definition) is 3. The number of rotatable bonds is 3. The van der Waals surface area contributed by atoms with E-state index in [1.54, 1.807) is 23.1 Å². The number of carbonyl (C=O) groups excluding carboxylic acids is 2. The number of nitrogens with one attached hydrogen (secondary N) is 1. The van der Waals surface area contributed by atoms with Gasteiger partial charge in [-0.1, -0.05) is 35.9 Å². The first-order valence-electron chi connectivity index (χ1n) is 8.80. The SMILES string of the molecule is Cc1cccc2cc(C(=O)Nc3cccc(N4CCCC4=O)c3)c(Cl)nc12. The van der Waals surface area contributed by atoms with Gasteiger partial charge in [-0.3, -0.25) is 9.59 Å². The van der Waals surface area contributed by atoms with Gasteiger partial charge in [-0.15, -0.1) is 0 Å². The average molecular weight is 380 g/mol. The van der Waals surface area contributed by atoms with Crippen LogP contribution in [0.2, 0.25) is 5.15 Å². The molecule has 0 unspecified atom stereocenters. The molecule has 6 heteroatoms. The lowest BCUT2D eigenvalue weighted by Gasteiger charge is -2.17. The van der Waals surface area contributed by atoms with Crippen molar-refractivity contribution in [3.63, 3.8) is 0 Å². The van der Waals surface area contributed by atoms with Crippen LogP contribution in [-0.2, 0) is 4.79 Å². The van der Waals surface area contributed by atoms with Gasteiger partial charge >= 0.3 is 0 Å². The summed E-state index contributed by atoms with van der Waals surface area (Å²) < 4.78 is 0. The van der Waals surface area contributed by atoms with Crippen molar-refractivity contribution in [2.75, 3.05) is 16.8 Å². The number of aryl methyl sites for hydroxylation is 1. The van der Waals surface area contributed by atoms with Crippen molar-refractivity contribution in [3.05, 3.63) is 64.8 Å². The fraction of sp³-hybridized carbons (Fsp3) is 0.190. The molecule has 0 aliphatic carbocycles. The van der Waals surface area contributed by atoms with E-state index < -0.39 is 0 Å². The van der Waals surface area contributed by atoms with E-state index in [0.29, 0.717) is 24.2 Å². The minimum absolute atomic E-state index is 0.107. The number of benzene rings is 2. The normalized spacial score (nSPS) is 14.0. The van der Waals surface area contributed by atoms with Crippen molar-refractivity contribution in [1.82, 2.24) is 4.98 Å². The van der Waals surface area contributed by atoms with Crippen molar-refractivity contribution >= 4 is 45.7 Å². The topological polar surface area (TPSA) is 62.3 Å². The quantitative estimate of drug-likeness (QED) is 0.678. The van der Waals surface area contributed by atoms with E-state index in [4.69, 9.17) is 11.6 Å². The zero-order valence-corrected chi connectivity index (χ0v) is 15.6. The highest BCUT2D eigenvalue weighted by atomic mass is 35.5. The molecule has 1 N–H and O–H groups in total. The van der Waals surface area contributed by atoms with Crippen LogP contribution in [-0.4, -0.2) is 23.3 Å². The fourth-order valence-corrected chi connectivity index (χ4v) is 3.58. The molecule has 2 amide bonds. The number of anilines is 2. The van der Waals surface area contributed by atoms with Gasteiger partial charge in [0.05, 0.1) is 11.1 Å². The second-order valence-corrected chi connectivity index (χ2v) is 6.98. The van der Waals surface area contributed by atoms with E-state index in [2.05, 4.69) is 10.3 Å². The Balaban J connectivity index is 1.62. The van der Waals surface area contributed by atoms with Crippen LogP contribution in [0.4, 0.5) is 11.4 Å². The maximum absolute atomic E-state index is 12.7. The Morgan fingerprint density at radius 2 is 2.00 bits per heavy atom. The van der Waals surface area contributed by atoms with Crippen molar-refractivity contribution < 1.29 is 9.59 Å². The van der Waals surface area contributed by atoms with Crippen molar-refractivity contribution in [1.29, 1.82) is 0 Å². The molecule has 0 spiro atoms. The first-order valence-corrected chi connectivity index (χ1v) is 9.18. The van der Waals surface area contributed by atoms with E-state index >= 15 is 0 Å². The van der Waals surface area contributed by atoms with Crippen LogP contribution in [0.5, 0.6) is 0 Å². The number of carbonyl (C=O) groups is 2. The van der Waals surface area contributed by atoms with E-state index in [9.17, 15) is 9.59 Å². The molecule has 4 rings (SSSR count). The van der Waals surface area contributed by atoms with Crippen LogP contribution in [0.1, 0.15) is 28.8 Å². The number of hydrogen-bond donors (Lipinski definition) is 1. The number of nitrogens with zero attached hydrogens (tertiary/aromatic N) is 2. The van der Waals surface area contributed by atoms with E-state index in [0.717, 1.165) is 28.6 Å². The van der Waals surface area contributed by atoms with Crippen LogP contribution < -0.4 is 10.2 Å². The fourth-order valence-electron chi connectivity index (χ4n) is 3.35. The van der Waals surface area contributed by atoms with Gasteiger partial charge in [0, 0.05) is 29.7 Å². The summed E-state index contributed by atoms with van der Waals surface area (Å²) in [5.74, 6) is -0.226. The van der Waals surface area contributed by atoms with Gasteiger partial charge in [0.2, 0.25) is 5.91 Å². The van der Waals surface area contributed by atoms with Gasteiger partial charge in [0.15, 0.2) is 0 Å². The highest BCUT2D eigenvalue weighted by Crippen LogP contribution is 2.26. The van der Waals surface area contributed by atoms with E-state index in [-0.39, 0.29) is 17.0 Å². The van der Waals surface area contributed by atoms with Gasteiger partial charge in [0.25, 0.3) is 5.91 Å². The Bertz CT molecular complexity index is 1060. The van der Waals surface area contributed by atoms with Crippen molar-refractivity contribution in [3.8, 4) is 0 Å². The second-order valence-electron chi connectivity index (χ2n) is 6.63. The minimum Gasteiger partial charge on any atom is -0.322 e. The molecular formula is C21H18ClN3O2. The lowest BCUT2D eigenvalue weighted by atomic mass is 10.1. The van der Waals surface area contributed by atoms with Crippen LogP contribution in [0.15, 0.2) is 48.5 Å². The Kier molecular flexibility index (Phi) is 4.54. The third-order valence-corrected chi connectivity index (χ3v) is 5.02. The van der Waals surface area contributed by atoms with Gasteiger partial charge in [0.1, 0.15) is 5.15 Å². The zero-order chi connectivity index (χ0) is 19.0. The zero-order valence-electron chi connectivity index (χ0n) is 14.8. The molecule has 0 saturated carbocycles. The number of halogens is 1. The highest BCUT2D eigenvalue weighted by Gasteiger charge is 2.22. The maximum atomic E-state index is 12.7. The molecule has 0 radical (unpaired) electrons. The summed E-state index contributed by atoms with van der Waals surface area (Å²) in [7, 11) is 0. The highest BCUT2D eigenvalue weighted by molar-refractivity contribution is 6.34. The number of para-hydroxylation sites is 1. The maximum Gasteiger partial charge on any atom is 0.258 e. The molecule has 1 saturated heterocycles. The lowest BCUT2D eigenvalue weighted by molar-refractivity contribution is -0.117. The van der Waals surface area contributed by atoms with Gasteiger partial charge < -0.3 is 10.2 Å². The molecule has 1 aromatic heterocycles. The van der Waals surface area contributed by atoms with Crippen molar-refractivity contribution in [2.45, 2.75) is 19.8 Å². The molecule has 1 aliphatic rings. The summed E-state index contributed by atoms with van der Waals surface area (Å²) in [5, 5.41) is 3.88. The monoisotopic (exact) mass is 379 g/mol. The Labute approximate surface area is 162 Å². The van der Waals surface area contributed by atoms with Crippen LogP contribution >= 0.6 is 11.6 Å². The summed E-state index contributed by atoms with van der Waals surface area (Å²) in [6.07, 6.45) is 1.42.